The van der Waals surface area contributed by atoms with Gasteiger partial charge in [-0.2, -0.15) is 5.10 Å². The molecule has 1 amide bonds. The number of carbonyl (C=O) groups is 1. The van der Waals surface area contributed by atoms with Crippen LogP contribution in [0.3, 0.4) is 0 Å². The summed E-state index contributed by atoms with van der Waals surface area (Å²) in [5, 5.41) is 7.96. The monoisotopic (exact) mass is 461 g/mol. The summed E-state index contributed by atoms with van der Waals surface area (Å²) in [7, 11) is 0. The molecule has 2 aromatic carbocycles. The van der Waals surface area contributed by atoms with Gasteiger partial charge >= 0.3 is 0 Å². The molecule has 0 unspecified atom stereocenters. The summed E-state index contributed by atoms with van der Waals surface area (Å²) in [5.41, 5.74) is 3.03. The van der Waals surface area contributed by atoms with Crippen LogP contribution < -0.4 is 10.1 Å². The normalized spacial score (nSPS) is 10.7. The van der Waals surface area contributed by atoms with Crippen molar-refractivity contribution in [2.45, 2.75) is 26.5 Å². The molecule has 0 fully saturated rings. The molecule has 7 heteroatoms. The number of rotatable bonds is 9. The van der Waals surface area contributed by atoms with E-state index in [1.165, 1.54) is 0 Å². The molecule has 2 heterocycles. The maximum atomic E-state index is 12.6. The van der Waals surface area contributed by atoms with Crippen molar-refractivity contribution in [2.75, 3.05) is 5.32 Å². The van der Waals surface area contributed by atoms with Crippen molar-refractivity contribution in [3.8, 4) is 5.75 Å². The predicted octanol–water partition coefficient (Wildman–Crippen LogP) is 6.05. The van der Waals surface area contributed by atoms with Gasteiger partial charge in [0.25, 0.3) is 5.91 Å². The Hall–Kier alpha value is -3.77. The van der Waals surface area contributed by atoms with Gasteiger partial charge < -0.3 is 14.5 Å². The molecule has 4 rings (SSSR count). The Morgan fingerprint density at radius 3 is 2.76 bits per heavy atom. The van der Waals surface area contributed by atoms with Crippen molar-refractivity contribution in [1.29, 1.82) is 0 Å². The summed E-state index contributed by atoms with van der Waals surface area (Å²) in [6, 6.07) is 20.5. The molecular formula is C26H24ClN3O3. The SMILES string of the molecule is C=CCc1ccccc1OCc1ccc(C(=O)Nc2cc(C)n(Cc3ccc(Cl)cc3)n2)o1. The standard InChI is InChI=1S/C26H24ClN3O3/c1-3-6-20-7-4-5-8-23(20)32-17-22-13-14-24(33-22)26(31)28-25-15-18(2)30(29-25)16-19-9-11-21(27)12-10-19/h3-5,7-15H,1,6,16-17H2,2H3,(H,28,29,31). The Balaban J connectivity index is 1.37. The molecule has 0 atom stereocenters. The van der Waals surface area contributed by atoms with Crippen LogP contribution >= 0.6 is 11.6 Å². The number of allylic oxidation sites excluding steroid dienone is 1. The third-order valence-corrected chi connectivity index (χ3v) is 5.31. The number of benzene rings is 2. The number of hydrogen-bond acceptors (Lipinski definition) is 4. The molecular weight excluding hydrogens is 438 g/mol. The van der Waals surface area contributed by atoms with Crippen molar-refractivity contribution >= 4 is 23.3 Å². The number of hydrogen-bond donors (Lipinski definition) is 1. The van der Waals surface area contributed by atoms with Crippen LogP contribution in [-0.2, 0) is 19.6 Å². The van der Waals surface area contributed by atoms with E-state index >= 15 is 0 Å². The van der Waals surface area contributed by atoms with Crippen LogP contribution in [0.2, 0.25) is 5.02 Å². The maximum absolute atomic E-state index is 12.6. The van der Waals surface area contributed by atoms with Gasteiger partial charge in [-0.25, -0.2) is 0 Å². The lowest BCUT2D eigenvalue weighted by Crippen LogP contribution is -2.12. The molecule has 168 valence electrons. The molecule has 0 saturated carbocycles. The number of aryl methyl sites for hydroxylation is 1. The number of para-hydroxylation sites is 1. The summed E-state index contributed by atoms with van der Waals surface area (Å²) in [6.07, 6.45) is 2.54. The molecule has 0 aliphatic heterocycles. The molecule has 33 heavy (non-hydrogen) atoms. The van der Waals surface area contributed by atoms with Gasteiger partial charge in [0.1, 0.15) is 18.1 Å². The van der Waals surface area contributed by atoms with Crippen molar-refractivity contribution in [1.82, 2.24) is 9.78 Å². The highest BCUT2D eigenvalue weighted by molar-refractivity contribution is 6.30. The van der Waals surface area contributed by atoms with E-state index in [0.29, 0.717) is 29.6 Å². The Labute approximate surface area is 197 Å². The van der Waals surface area contributed by atoms with Gasteiger partial charge in [0.15, 0.2) is 11.6 Å². The fraction of sp³-hybridized carbons (Fsp3) is 0.154. The Morgan fingerprint density at radius 2 is 1.97 bits per heavy atom. The summed E-state index contributed by atoms with van der Waals surface area (Å²) in [4.78, 5) is 12.6. The highest BCUT2D eigenvalue weighted by Crippen LogP contribution is 2.21. The zero-order valence-electron chi connectivity index (χ0n) is 18.3. The van der Waals surface area contributed by atoms with E-state index < -0.39 is 0 Å². The topological polar surface area (TPSA) is 69.3 Å². The van der Waals surface area contributed by atoms with Crippen LogP contribution in [0.1, 0.15) is 33.1 Å². The second-order valence-corrected chi connectivity index (χ2v) is 8.00. The third kappa shape index (κ3) is 5.73. The number of nitrogens with one attached hydrogen (secondary N) is 1. The van der Waals surface area contributed by atoms with Crippen molar-refractivity contribution in [3.05, 3.63) is 113 Å². The average molecular weight is 462 g/mol. The number of furan rings is 1. The van der Waals surface area contributed by atoms with E-state index in [1.54, 1.807) is 12.1 Å². The van der Waals surface area contributed by atoms with Gasteiger partial charge in [0.05, 0.1) is 6.54 Å². The fourth-order valence-electron chi connectivity index (χ4n) is 3.37. The maximum Gasteiger partial charge on any atom is 0.292 e. The lowest BCUT2D eigenvalue weighted by atomic mass is 10.1. The van der Waals surface area contributed by atoms with E-state index in [1.807, 2.05) is 72.3 Å². The van der Waals surface area contributed by atoms with Crippen LogP contribution in [0.25, 0.3) is 0 Å². The smallest absolute Gasteiger partial charge is 0.292 e. The predicted molar refractivity (Wildman–Crippen MR) is 129 cm³/mol. The first-order valence-electron chi connectivity index (χ1n) is 10.5. The second-order valence-electron chi connectivity index (χ2n) is 7.56. The van der Waals surface area contributed by atoms with Crippen LogP contribution in [0.4, 0.5) is 5.82 Å². The molecule has 0 aliphatic carbocycles. The first-order valence-corrected chi connectivity index (χ1v) is 10.9. The van der Waals surface area contributed by atoms with E-state index in [0.717, 1.165) is 22.6 Å². The largest absolute Gasteiger partial charge is 0.485 e. The molecule has 2 aromatic heterocycles. The summed E-state index contributed by atoms with van der Waals surface area (Å²) < 4.78 is 13.4. The Morgan fingerprint density at radius 1 is 1.18 bits per heavy atom. The quantitative estimate of drug-likeness (QED) is 0.308. The molecule has 0 bridgehead atoms. The molecule has 0 saturated heterocycles. The van der Waals surface area contributed by atoms with Crippen LogP contribution in [0.15, 0.2) is 83.8 Å². The molecule has 6 nitrogen and oxygen atoms in total. The Kier molecular flexibility index (Phi) is 6.95. The molecule has 0 spiro atoms. The number of ether oxygens (including phenoxy) is 1. The van der Waals surface area contributed by atoms with Crippen LogP contribution in [-0.4, -0.2) is 15.7 Å². The van der Waals surface area contributed by atoms with E-state index in [9.17, 15) is 4.79 Å². The lowest BCUT2D eigenvalue weighted by Gasteiger charge is -2.08. The Bertz CT molecular complexity index is 1260. The average Bonchev–Trinajstić information content (AvgIpc) is 3.41. The minimum atomic E-state index is -0.371. The highest BCUT2D eigenvalue weighted by Gasteiger charge is 2.15. The minimum Gasteiger partial charge on any atom is -0.485 e. The van der Waals surface area contributed by atoms with Crippen molar-refractivity contribution in [2.24, 2.45) is 0 Å². The van der Waals surface area contributed by atoms with E-state index in [-0.39, 0.29) is 18.3 Å². The zero-order chi connectivity index (χ0) is 23.2. The summed E-state index contributed by atoms with van der Waals surface area (Å²) in [5.74, 6) is 1.60. The summed E-state index contributed by atoms with van der Waals surface area (Å²) in [6.45, 7) is 6.51. The molecule has 1 N–H and O–H groups in total. The van der Waals surface area contributed by atoms with Gasteiger partial charge in [-0.05, 0) is 54.8 Å². The van der Waals surface area contributed by atoms with Crippen molar-refractivity contribution < 1.29 is 13.9 Å². The van der Waals surface area contributed by atoms with Gasteiger partial charge in [-0.15, -0.1) is 6.58 Å². The van der Waals surface area contributed by atoms with Gasteiger partial charge in [0, 0.05) is 16.8 Å². The van der Waals surface area contributed by atoms with Crippen LogP contribution in [0.5, 0.6) is 5.75 Å². The summed E-state index contributed by atoms with van der Waals surface area (Å²) >= 11 is 5.95. The highest BCUT2D eigenvalue weighted by atomic mass is 35.5. The molecule has 0 radical (unpaired) electrons. The first kappa shape index (κ1) is 22.4. The van der Waals surface area contributed by atoms with Gasteiger partial charge in [-0.1, -0.05) is 48.0 Å². The van der Waals surface area contributed by atoms with Crippen LogP contribution in [0, 0.1) is 6.92 Å². The van der Waals surface area contributed by atoms with E-state index in [2.05, 4.69) is 17.0 Å². The second kappa shape index (κ2) is 10.2. The minimum absolute atomic E-state index is 0.192. The number of aromatic nitrogens is 2. The van der Waals surface area contributed by atoms with Crippen molar-refractivity contribution in [3.63, 3.8) is 0 Å². The number of carbonyl (C=O) groups excluding carboxylic acids is 1. The molecule has 4 aromatic rings. The number of amides is 1. The fourth-order valence-corrected chi connectivity index (χ4v) is 3.49. The molecule has 0 aliphatic rings. The third-order valence-electron chi connectivity index (χ3n) is 5.06. The zero-order valence-corrected chi connectivity index (χ0v) is 19.0. The number of nitrogens with zero attached hydrogens (tertiary/aromatic N) is 2. The number of halogens is 1. The van der Waals surface area contributed by atoms with Gasteiger partial charge in [0.2, 0.25) is 0 Å². The number of anilines is 1. The first-order chi connectivity index (χ1) is 16.0. The lowest BCUT2D eigenvalue weighted by molar-refractivity contribution is 0.0992. The van der Waals surface area contributed by atoms with E-state index in [4.69, 9.17) is 20.8 Å². The van der Waals surface area contributed by atoms with Gasteiger partial charge in [-0.3, -0.25) is 9.48 Å².